The Bertz CT molecular complexity index is 565. The lowest BCUT2D eigenvalue weighted by Crippen LogP contribution is -2.48. The summed E-state index contributed by atoms with van der Waals surface area (Å²) in [5.41, 5.74) is 0.479. The third kappa shape index (κ3) is 3.67. The molecule has 118 valence electrons. The van der Waals surface area contributed by atoms with Crippen LogP contribution in [-0.2, 0) is 10.2 Å². The van der Waals surface area contributed by atoms with E-state index in [-0.39, 0.29) is 11.7 Å². The van der Waals surface area contributed by atoms with Crippen LogP contribution >= 0.6 is 11.6 Å². The summed E-state index contributed by atoms with van der Waals surface area (Å²) in [4.78, 5) is 0. The number of alkyl halides is 1. The highest BCUT2D eigenvalue weighted by molar-refractivity contribution is 7.90. The first-order chi connectivity index (χ1) is 9.98. The topological polar surface area (TPSA) is 40.6 Å². The molecule has 0 N–H and O–H groups in total. The second-order valence-corrected chi connectivity index (χ2v) is 7.33. The van der Waals surface area contributed by atoms with Crippen LogP contribution in [0.1, 0.15) is 19.8 Å². The van der Waals surface area contributed by atoms with Crippen molar-refractivity contribution in [1.82, 2.24) is 4.31 Å². The summed E-state index contributed by atoms with van der Waals surface area (Å²) in [7, 11) is -3.60. The number of hydrogen-bond donors (Lipinski definition) is 0. The van der Waals surface area contributed by atoms with E-state index in [1.807, 2.05) is 0 Å². The molecule has 1 aromatic rings. The maximum absolute atomic E-state index is 13.0. The predicted octanol–water partition coefficient (Wildman–Crippen LogP) is 2.85. The molecular formula is C14H20ClFN2O2S. The van der Waals surface area contributed by atoms with Crippen LogP contribution in [0.5, 0.6) is 0 Å². The first kappa shape index (κ1) is 16.5. The van der Waals surface area contributed by atoms with Crippen LogP contribution in [0.4, 0.5) is 10.1 Å². The lowest BCUT2D eigenvalue weighted by molar-refractivity contribution is 0.283. The Morgan fingerprint density at radius 1 is 1.38 bits per heavy atom. The number of halogens is 2. The van der Waals surface area contributed by atoms with E-state index in [0.29, 0.717) is 31.2 Å². The highest BCUT2D eigenvalue weighted by Gasteiger charge is 2.32. The third-order valence-electron chi connectivity index (χ3n) is 3.71. The average Bonchev–Trinajstić information content (AvgIpc) is 2.50. The van der Waals surface area contributed by atoms with Gasteiger partial charge in [-0.15, -0.1) is 11.6 Å². The van der Waals surface area contributed by atoms with Crippen LogP contribution in [0, 0.1) is 11.7 Å². The number of anilines is 1. The molecule has 21 heavy (non-hydrogen) atoms. The second-order valence-electron chi connectivity index (χ2n) is 5.17. The lowest BCUT2D eigenvalue weighted by Gasteiger charge is -2.35. The van der Waals surface area contributed by atoms with Crippen LogP contribution in [-0.4, -0.2) is 38.2 Å². The summed E-state index contributed by atoms with van der Waals surface area (Å²) in [5, 5.41) is 0. The third-order valence-corrected chi connectivity index (χ3v) is 6.15. The largest absolute Gasteiger partial charge is 0.304 e. The Labute approximate surface area is 130 Å². The van der Waals surface area contributed by atoms with Crippen molar-refractivity contribution >= 4 is 27.5 Å². The second kappa shape index (κ2) is 6.94. The molecule has 1 aliphatic heterocycles. The molecule has 1 heterocycles. The lowest BCUT2D eigenvalue weighted by atomic mass is 10.0. The summed E-state index contributed by atoms with van der Waals surface area (Å²) in [5.74, 6) is 0.281. The van der Waals surface area contributed by atoms with Crippen LogP contribution < -0.4 is 4.31 Å². The minimum Gasteiger partial charge on any atom is -0.258 e. The zero-order valence-corrected chi connectivity index (χ0v) is 13.6. The van der Waals surface area contributed by atoms with Crippen LogP contribution in [0.15, 0.2) is 24.3 Å². The van der Waals surface area contributed by atoms with E-state index in [1.54, 1.807) is 6.92 Å². The van der Waals surface area contributed by atoms with Gasteiger partial charge in [0.05, 0.1) is 5.69 Å². The molecule has 0 amide bonds. The molecule has 1 aromatic carbocycles. The molecule has 0 bridgehead atoms. The van der Waals surface area contributed by atoms with Crippen molar-refractivity contribution in [2.24, 2.45) is 5.92 Å². The molecular weight excluding hydrogens is 315 g/mol. The normalized spacial score (nSPS) is 20.4. The van der Waals surface area contributed by atoms with Gasteiger partial charge in [0.2, 0.25) is 0 Å². The first-order valence-corrected chi connectivity index (χ1v) is 9.01. The molecule has 2 rings (SSSR count). The van der Waals surface area contributed by atoms with E-state index >= 15 is 0 Å². The molecule has 1 aliphatic rings. The van der Waals surface area contributed by atoms with E-state index in [4.69, 9.17) is 11.6 Å². The van der Waals surface area contributed by atoms with Gasteiger partial charge >= 0.3 is 10.2 Å². The van der Waals surface area contributed by atoms with Crippen LogP contribution in [0.2, 0.25) is 0 Å². The monoisotopic (exact) mass is 334 g/mol. The molecule has 0 aliphatic carbocycles. The van der Waals surface area contributed by atoms with Gasteiger partial charge in [-0.1, -0.05) is 0 Å². The van der Waals surface area contributed by atoms with Crippen molar-refractivity contribution < 1.29 is 12.8 Å². The SMILES string of the molecule is CCN(c1ccc(F)cc1)S(=O)(=O)N1CCCC(CCl)C1. The average molecular weight is 335 g/mol. The number of hydrogen-bond acceptors (Lipinski definition) is 2. The summed E-state index contributed by atoms with van der Waals surface area (Å²) in [6.07, 6.45) is 1.77. The molecule has 1 unspecified atom stereocenters. The summed E-state index contributed by atoms with van der Waals surface area (Å²) in [6, 6.07) is 5.51. The van der Waals surface area contributed by atoms with Crippen molar-refractivity contribution in [2.45, 2.75) is 19.8 Å². The molecule has 1 atom stereocenters. The van der Waals surface area contributed by atoms with E-state index in [0.717, 1.165) is 12.8 Å². The molecule has 1 saturated heterocycles. The van der Waals surface area contributed by atoms with Crippen molar-refractivity contribution in [1.29, 1.82) is 0 Å². The molecule has 0 aromatic heterocycles. The number of piperidine rings is 1. The predicted molar refractivity (Wildman–Crippen MR) is 83.4 cm³/mol. The van der Waals surface area contributed by atoms with Crippen molar-refractivity contribution in [2.75, 3.05) is 29.8 Å². The van der Waals surface area contributed by atoms with Crippen LogP contribution in [0.3, 0.4) is 0 Å². The highest BCUT2D eigenvalue weighted by atomic mass is 35.5. The Balaban J connectivity index is 2.25. The quantitative estimate of drug-likeness (QED) is 0.777. The van der Waals surface area contributed by atoms with Gasteiger partial charge in [-0.2, -0.15) is 12.7 Å². The van der Waals surface area contributed by atoms with Gasteiger partial charge in [-0.3, -0.25) is 4.31 Å². The smallest absolute Gasteiger partial charge is 0.258 e. The van der Waals surface area contributed by atoms with Crippen molar-refractivity contribution in [3.63, 3.8) is 0 Å². The molecule has 0 spiro atoms. The summed E-state index contributed by atoms with van der Waals surface area (Å²) in [6.45, 7) is 3.02. The van der Waals surface area contributed by atoms with Gasteiger partial charge in [0.1, 0.15) is 5.82 Å². The number of rotatable bonds is 5. The first-order valence-electron chi connectivity index (χ1n) is 7.08. The molecule has 0 saturated carbocycles. The zero-order chi connectivity index (χ0) is 15.5. The molecule has 0 radical (unpaired) electrons. The zero-order valence-electron chi connectivity index (χ0n) is 12.0. The van der Waals surface area contributed by atoms with Gasteiger partial charge < -0.3 is 0 Å². The maximum Gasteiger partial charge on any atom is 0.304 e. The summed E-state index contributed by atoms with van der Waals surface area (Å²) >= 11 is 5.87. The Kier molecular flexibility index (Phi) is 5.46. The van der Waals surface area contributed by atoms with E-state index in [2.05, 4.69) is 0 Å². The van der Waals surface area contributed by atoms with E-state index in [9.17, 15) is 12.8 Å². The fourth-order valence-corrected chi connectivity index (χ4v) is 4.59. The Morgan fingerprint density at radius 2 is 2.05 bits per heavy atom. The number of benzene rings is 1. The molecule has 1 fully saturated rings. The number of nitrogens with zero attached hydrogens (tertiary/aromatic N) is 2. The fraction of sp³-hybridized carbons (Fsp3) is 0.571. The van der Waals surface area contributed by atoms with Gasteiger partial charge in [0, 0.05) is 25.5 Å². The standard InChI is InChI=1S/C14H20ClFN2O2S/c1-2-18(14-7-5-13(16)6-8-14)21(19,20)17-9-3-4-12(10-15)11-17/h5-8,12H,2-4,9-11H2,1H3. The van der Waals surface area contributed by atoms with Gasteiger partial charge in [0.25, 0.3) is 0 Å². The maximum atomic E-state index is 13.0. The molecule has 7 heteroatoms. The Morgan fingerprint density at radius 3 is 2.62 bits per heavy atom. The van der Waals surface area contributed by atoms with Crippen LogP contribution in [0.25, 0.3) is 0 Å². The Hall–Kier alpha value is -0.850. The molecule has 4 nitrogen and oxygen atoms in total. The van der Waals surface area contributed by atoms with E-state index < -0.39 is 10.2 Å². The fourth-order valence-electron chi connectivity index (χ4n) is 2.59. The van der Waals surface area contributed by atoms with E-state index in [1.165, 1.54) is 32.9 Å². The minimum atomic E-state index is -3.60. The van der Waals surface area contributed by atoms with Crippen molar-refractivity contribution in [3.8, 4) is 0 Å². The van der Waals surface area contributed by atoms with Gasteiger partial charge in [-0.05, 0) is 49.9 Å². The van der Waals surface area contributed by atoms with Gasteiger partial charge in [0.15, 0.2) is 0 Å². The summed E-state index contributed by atoms with van der Waals surface area (Å²) < 4.78 is 41.4. The highest BCUT2D eigenvalue weighted by Crippen LogP contribution is 2.25. The van der Waals surface area contributed by atoms with Gasteiger partial charge in [-0.25, -0.2) is 4.39 Å². The minimum absolute atomic E-state index is 0.196. The van der Waals surface area contributed by atoms with Crippen molar-refractivity contribution in [3.05, 3.63) is 30.1 Å².